The van der Waals surface area contributed by atoms with Crippen LogP contribution in [0.1, 0.15) is 84.1 Å². The molecule has 0 bridgehead atoms. The Hall–Kier alpha value is -1.90. The van der Waals surface area contributed by atoms with Gasteiger partial charge in [0, 0.05) is 12.8 Å². The lowest BCUT2D eigenvalue weighted by Gasteiger charge is -2.61. The molecule has 1 aromatic rings. The molecule has 1 aromatic carbocycles. The van der Waals surface area contributed by atoms with E-state index in [0.717, 1.165) is 36.7 Å². The van der Waals surface area contributed by atoms with Crippen molar-refractivity contribution in [1.82, 2.24) is 0 Å². The predicted molar refractivity (Wildman–Crippen MR) is 131 cm³/mol. The van der Waals surface area contributed by atoms with Crippen molar-refractivity contribution >= 4 is 17.8 Å². The third kappa shape index (κ3) is 4.00. The van der Waals surface area contributed by atoms with Gasteiger partial charge in [0.05, 0.1) is 0 Å². The number of ether oxygens (including phenoxy) is 1. The van der Waals surface area contributed by atoms with Gasteiger partial charge in [0.25, 0.3) is 0 Å². The van der Waals surface area contributed by atoms with Gasteiger partial charge in [-0.1, -0.05) is 50.3 Å². The van der Waals surface area contributed by atoms with Crippen LogP contribution in [0.25, 0.3) is 6.08 Å². The zero-order valence-corrected chi connectivity index (χ0v) is 20.6. The molecule has 0 saturated heterocycles. The quantitative estimate of drug-likeness (QED) is 0.373. The Balaban J connectivity index is 1.30. The maximum absolute atomic E-state index is 13.3. The molecule has 0 aliphatic heterocycles. The molecule has 0 amide bonds. The maximum atomic E-state index is 13.3. The van der Waals surface area contributed by atoms with Gasteiger partial charge < -0.3 is 4.74 Å². The molecule has 4 aliphatic carbocycles. The number of ketones is 1. The van der Waals surface area contributed by atoms with Gasteiger partial charge in [0.1, 0.15) is 6.10 Å². The normalized spacial score (nSPS) is 42.3. The number of esters is 1. The molecule has 4 fully saturated rings. The number of benzene rings is 1. The smallest absolute Gasteiger partial charge is 0.302 e. The van der Waals surface area contributed by atoms with Crippen molar-refractivity contribution < 1.29 is 14.3 Å². The summed E-state index contributed by atoms with van der Waals surface area (Å²) in [4.78, 5) is 24.8. The monoisotopic (exact) mass is 448 g/mol. The van der Waals surface area contributed by atoms with Gasteiger partial charge in [-0.15, -0.1) is 0 Å². The lowest BCUT2D eigenvalue weighted by molar-refractivity contribution is -0.160. The first-order chi connectivity index (χ1) is 15.8. The highest BCUT2D eigenvalue weighted by atomic mass is 16.5. The summed E-state index contributed by atoms with van der Waals surface area (Å²) in [5.74, 6) is 3.26. The van der Waals surface area contributed by atoms with E-state index in [9.17, 15) is 9.59 Å². The summed E-state index contributed by atoms with van der Waals surface area (Å²) in [6.07, 6.45) is 14.5. The topological polar surface area (TPSA) is 43.4 Å². The first-order valence-electron chi connectivity index (χ1n) is 13.3. The fourth-order valence-electron chi connectivity index (χ4n) is 8.89. The minimum Gasteiger partial charge on any atom is -0.463 e. The molecule has 4 aliphatic rings. The number of carbonyl (C=O) groups is 2. The van der Waals surface area contributed by atoms with E-state index in [1.165, 1.54) is 38.5 Å². The van der Waals surface area contributed by atoms with Crippen LogP contribution in [-0.4, -0.2) is 17.9 Å². The average molecular weight is 449 g/mol. The molecule has 8 atom stereocenters. The molecule has 0 radical (unpaired) electrons. The number of rotatable bonds is 4. The summed E-state index contributed by atoms with van der Waals surface area (Å²) in [6.45, 7) is 6.52. The highest BCUT2D eigenvalue weighted by Gasteiger charge is 2.61. The van der Waals surface area contributed by atoms with E-state index in [4.69, 9.17) is 4.74 Å². The molecule has 0 unspecified atom stereocenters. The molecule has 3 heteroatoms. The van der Waals surface area contributed by atoms with E-state index >= 15 is 0 Å². The molecule has 0 N–H and O–H groups in total. The van der Waals surface area contributed by atoms with Crippen LogP contribution in [0.15, 0.2) is 36.4 Å². The van der Waals surface area contributed by atoms with Crippen molar-refractivity contribution in [2.24, 2.45) is 40.4 Å². The van der Waals surface area contributed by atoms with Crippen molar-refractivity contribution in [2.75, 3.05) is 0 Å². The zero-order valence-electron chi connectivity index (χ0n) is 20.6. The average Bonchev–Trinajstić information content (AvgIpc) is 3.15. The van der Waals surface area contributed by atoms with Gasteiger partial charge >= 0.3 is 5.97 Å². The molecule has 0 heterocycles. The van der Waals surface area contributed by atoms with Gasteiger partial charge in [0.15, 0.2) is 5.78 Å². The van der Waals surface area contributed by atoms with E-state index < -0.39 is 0 Å². The molecule has 0 aromatic heterocycles. The van der Waals surface area contributed by atoms with Crippen LogP contribution < -0.4 is 0 Å². The largest absolute Gasteiger partial charge is 0.463 e. The predicted octanol–water partition coefficient (Wildman–Crippen LogP) is 6.86. The summed E-state index contributed by atoms with van der Waals surface area (Å²) in [5.41, 5.74) is 1.62. The van der Waals surface area contributed by atoms with E-state index in [1.54, 1.807) is 6.92 Å². The van der Waals surface area contributed by atoms with Crippen molar-refractivity contribution in [3.8, 4) is 0 Å². The van der Waals surface area contributed by atoms with Crippen molar-refractivity contribution in [2.45, 2.75) is 84.7 Å². The second kappa shape index (κ2) is 8.71. The van der Waals surface area contributed by atoms with Gasteiger partial charge in [-0.2, -0.15) is 0 Å². The summed E-state index contributed by atoms with van der Waals surface area (Å²) >= 11 is 0. The Bertz CT molecular complexity index is 920. The molecular formula is C30H40O3. The van der Waals surface area contributed by atoms with Crippen LogP contribution in [0.3, 0.4) is 0 Å². The summed E-state index contributed by atoms with van der Waals surface area (Å²) in [7, 11) is 0. The first-order valence-corrected chi connectivity index (χ1v) is 13.3. The van der Waals surface area contributed by atoms with E-state index in [0.29, 0.717) is 23.0 Å². The van der Waals surface area contributed by atoms with E-state index in [1.807, 2.05) is 30.4 Å². The standard InChI is InChI=1S/C30H40O3/c1-20(31)33-23-15-17-29(2)22(19-23)10-11-24-25-12-13-27(30(25,3)18-16-26(24)29)28(32)14-9-21-7-5-4-6-8-21/h4-9,14,22-27H,10-13,15-19H2,1-3H3/b14-9+/t22-,23+,24+,25+,26+,27-,29-,30-/m0/s1. The number of hydrogen-bond acceptors (Lipinski definition) is 3. The Morgan fingerprint density at radius 1 is 0.909 bits per heavy atom. The molecule has 4 saturated carbocycles. The Morgan fingerprint density at radius 2 is 1.64 bits per heavy atom. The summed E-state index contributed by atoms with van der Waals surface area (Å²) < 4.78 is 5.62. The van der Waals surface area contributed by atoms with Crippen LogP contribution in [0, 0.1) is 40.4 Å². The van der Waals surface area contributed by atoms with Crippen LogP contribution >= 0.6 is 0 Å². The van der Waals surface area contributed by atoms with Gasteiger partial charge in [0.2, 0.25) is 0 Å². The molecular weight excluding hydrogens is 408 g/mol. The van der Waals surface area contributed by atoms with E-state index in [2.05, 4.69) is 26.0 Å². The fourth-order valence-corrected chi connectivity index (χ4v) is 8.89. The number of allylic oxidation sites excluding steroid dienone is 1. The van der Waals surface area contributed by atoms with Crippen molar-refractivity contribution in [1.29, 1.82) is 0 Å². The number of hydrogen-bond donors (Lipinski definition) is 0. The second-order valence-corrected chi connectivity index (χ2v) is 12.0. The van der Waals surface area contributed by atoms with E-state index in [-0.39, 0.29) is 23.4 Å². The fraction of sp³-hybridized carbons (Fsp3) is 0.667. The van der Waals surface area contributed by atoms with Gasteiger partial charge in [-0.3, -0.25) is 9.59 Å². The summed E-state index contributed by atoms with van der Waals surface area (Å²) in [5, 5.41) is 0. The third-order valence-electron chi connectivity index (χ3n) is 10.5. The minimum atomic E-state index is -0.131. The zero-order chi connectivity index (χ0) is 23.2. The SMILES string of the molecule is CC(=O)O[C@@H]1CC[C@@]2(C)[C@@H](CC[C@H]3[C@H]2CC[C@@]2(C)[C@@H]3CC[C@H]2C(=O)/C=C/c2ccccc2)C1. The highest BCUT2D eigenvalue weighted by Crippen LogP contribution is 2.67. The minimum absolute atomic E-state index is 0.121. The molecule has 5 rings (SSSR count). The Morgan fingerprint density at radius 3 is 2.39 bits per heavy atom. The molecule has 3 nitrogen and oxygen atoms in total. The van der Waals surface area contributed by atoms with Crippen LogP contribution in [0.5, 0.6) is 0 Å². The van der Waals surface area contributed by atoms with Crippen LogP contribution in [-0.2, 0) is 14.3 Å². The second-order valence-electron chi connectivity index (χ2n) is 12.0. The maximum Gasteiger partial charge on any atom is 0.302 e. The first kappa shape index (κ1) is 22.9. The Kier molecular flexibility index (Phi) is 6.04. The molecule has 178 valence electrons. The van der Waals surface area contributed by atoms with Gasteiger partial charge in [-0.05, 0) is 104 Å². The number of carbonyl (C=O) groups excluding carboxylic acids is 2. The van der Waals surface area contributed by atoms with Gasteiger partial charge in [-0.25, -0.2) is 0 Å². The number of fused-ring (bicyclic) bond motifs is 5. The summed E-state index contributed by atoms with van der Waals surface area (Å²) in [6, 6.07) is 10.2. The third-order valence-corrected chi connectivity index (χ3v) is 10.5. The lowest BCUT2D eigenvalue weighted by Crippen LogP contribution is -2.54. The van der Waals surface area contributed by atoms with Crippen LogP contribution in [0.4, 0.5) is 0 Å². The molecule has 0 spiro atoms. The Labute approximate surface area is 199 Å². The highest BCUT2D eigenvalue weighted by molar-refractivity contribution is 5.96. The molecule has 33 heavy (non-hydrogen) atoms. The van der Waals surface area contributed by atoms with Crippen molar-refractivity contribution in [3.05, 3.63) is 42.0 Å². The lowest BCUT2D eigenvalue weighted by atomic mass is 9.44. The van der Waals surface area contributed by atoms with Crippen LogP contribution in [0.2, 0.25) is 0 Å². The van der Waals surface area contributed by atoms with Crippen molar-refractivity contribution in [3.63, 3.8) is 0 Å².